The molecule has 6 heteroatoms. The van der Waals surface area contributed by atoms with Crippen molar-refractivity contribution >= 4 is 39.9 Å². The average molecular weight is 304 g/mol. The van der Waals surface area contributed by atoms with E-state index in [1.807, 2.05) is 0 Å². The minimum Gasteiger partial charge on any atom is -0.396 e. The highest BCUT2D eigenvalue weighted by Crippen LogP contribution is 2.29. The number of nitrogen functional groups attached to an aromatic ring is 1. The molecule has 1 rings (SSSR count). The maximum absolute atomic E-state index is 12.2. The van der Waals surface area contributed by atoms with Crippen LogP contribution in [0.4, 0.5) is 14.5 Å². The molecule has 0 atom stereocenters. The summed E-state index contributed by atoms with van der Waals surface area (Å²) in [6.45, 7) is 0. The zero-order valence-corrected chi connectivity index (χ0v) is 8.60. The fraction of sp³-hybridized carbons (Fsp3) is 0.167. The summed E-state index contributed by atoms with van der Waals surface area (Å²) in [5.41, 5.74) is 4.68. The summed E-state index contributed by atoms with van der Waals surface area (Å²) < 4.78 is 24.8. The summed E-state index contributed by atoms with van der Waals surface area (Å²) in [6.07, 6.45) is -2.68. The maximum atomic E-state index is 12.2. The second-order valence-electron chi connectivity index (χ2n) is 2.03. The van der Waals surface area contributed by atoms with Gasteiger partial charge in [0, 0.05) is 0 Å². The second kappa shape index (κ2) is 3.69. The third-order valence-corrected chi connectivity index (χ3v) is 2.08. The smallest absolute Gasteiger partial charge is 0.282 e. The summed E-state index contributed by atoms with van der Waals surface area (Å²) in [5.74, 6) is 0. The zero-order valence-electron chi connectivity index (χ0n) is 5.69. The lowest BCUT2D eigenvalue weighted by Crippen LogP contribution is -2.00. The van der Waals surface area contributed by atoms with E-state index in [4.69, 9.17) is 17.3 Å². The third kappa shape index (κ3) is 1.95. The Kier molecular flexibility index (Phi) is 3.05. The molecule has 0 unspecified atom stereocenters. The second-order valence-corrected chi connectivity index (χ2v) is 3.54. The molecule has 0 saturated heterocycles. The molecule has 1 aromatic heterocycles. The van der Waals surface area contributed by atoms with Crippen molar-refractivity contribution in [3.05, 3.63) is 20.5 Å². The molecule has 0 bridgehead atoms. The summed E-state index contributed by atoms with van der Waals surface area (Å²) in [6, 6.07) is 1.43. The van der Waals surface area contributed by atoms with Crippen molar-refractivity contribution in [2.45, 2.75) is 6.43 Å². The molecule has 0 aliphatic carbocycles. The van der Waals surface area contributed by atoms with Crippen LogP contribution in [0, 0.1) is 3.70 Å². The van der Waals surface area contributed by atoms with Crippen molar-refractivity contribution in [3.8, 4) is 0 Å². The molecule has 0 aromatic carbocycles. The Balaban J connectivity index is 3.28. The lowest BCUT2D eigenvalue weighted by molar-refractivity contribution is 0.147. The van der Waals surface area contributed by atoms with Crippen molar-refractivity contribution in [2.75, 3.05) is 5.73 Å². The molecule has 0 saturated carbocycles. The van der Waals surface area contributed by atoms with E-state index in [9.17, 15) is 8.78 Å². The fourth-order valence-electron chi connectivity index (χ4n) is 0.679. The largest absolute Gasteiger partial charge is 0.396 e. The van der Waals surface area contributed by atoms with Gasteiger partial charge in [-0.25, -0.2) is 13.8 Å². The van der Waals surface area contributed by atoms with E-state index >= 15 is 0 Å². The van der Waals surface area contributed by atoms with E-state index in [0.29, 0.717) is 3.70 Å². The van der Waals surface area contributed by atoms with Crippen molar-refractivity contribution < 1.29 is 8.78 Å². The number of halogens is 4. The van der Waals surface area contributed by atoms with Crippen molar-refractivity contribution in [3.63, 3.8) is 0 Å². The number of pyridine rings is 1. The summed E-state index contributed by atoms with van der Waals surface area (Å²) in [5, 5.41) is 0.115. The van der Waals surface area contributed by atoms with Gasteiger partial charge in [0.2, 0.25) is 0 Å². The highest BCUT2D eigenvalue weighted by molar-refractivity contribution is 14.1. The molecule has 2 N–H and O–H groups in total. The Morgan fingerprint density at radius 2 is 2.17 bits per heavy atom. The number of aromatic nitrogens is 1. The van der Waals surface area contributed by atoms with Crippen LogP contribution < -0.4 is 5.73 Å². The van der Waals surface area contributed by atoms with E-state index in [1.54, 1.807) is 22.6 Å². The quantitative estimate of drug-likeness (QED) is 0.640. The van der Waals surface area contributed by atoms with E-state index in [-0.39, 0.29) is 10.7 Å². The van der Waals surface area contributed by atoms with Crippen molar-refractivity contribution in [2.24, 2.45) is 0 Å². The molecule has 12 heavy (non-hydrogen) atoms. The molecular formula is C6H4ClF2IN2. The van der Waals surface area contributed by atoms with Gasteiger partial charge in [-0.1, -0.05) is 11.6 Å². The highest BCUT2D eigenvalue weighted by atomic mass is 127. The highest BCUT2D eigenvalue weighted by Gasteiger charge is 2.16. The van der Waals surface area contributed by atoms with Crippen molar-refractivity contribution in [1.82, 2.24) is 4.98 Å². The molecule has 0 fully saturated rings. The van der Waals surface area contributed by atoms with Crippen LogP contribution in [0.15, 0.2) is 6.07 Å². The van der Waals surface area contributed by atoms with Crippen LogP contribution in [0.2, 0.25) is 5.02 Å². The Morgan fingerprint density at radius 3 is 2.67 bits per heavy atom. The number of rotatable bonds is 1. The normalized spacial score (nSPS) is 10.8. The first-order valence-electron chi connectivity index (χ1n) is 2.92. The van der Waals surface area contributed by atoms with Gasteiger partial charge < -0.3 is 5.73 Å². The van der Waals surface area contributed by atoms with Gasteiger partial charge in [-0.15, -0.1) is 0 Å². The molecule has 2 nitrogen and oxygen atoms in total. The van der Waals surface area contributed by atoms with Gasteiger partial charge >= 0.3 is 0 Å². The lowest BCUT2D eigenvalue weighted by atomic mass is 10.3. The summed E-state index contributed by atoms with van der Waals surface area (Å²) in [7, 11) is 0. The van der Waals surface area contributed by atoms with Gasteiger partial charge in [0.15, 0.2) is 0 Å². The van der Waals surface area contributed by atoms with Crippen LogP contribution in [0.25, 0.3) is 0 Å². The average Bonchev–Trinajstić information content (AvgIpc) is 1.96. The first kappa shape index (κ1) is 9.91. The predicted octanol–water partition coefficient (Wildman–Crippen LogP) is 2.86. The van der Waals surface area contributed by atoms with E-state index < -0.39 is 12.1 Å². The molecule has 0 radical (unpaired) electrons. The molecule has 1 aromatic rings. The number of nitrogens with zero attached hydrogens (tertiary/aromatic N) is 1. The number of nitrogens with two attached hydrogens (primary N) is 1. The van der Waals surface area contributed by atoms with E-state index in [0.717, 1.165) is 0 Å². The first-order chi connectivity index (χ1) is 5.52. The Bertz CT molecular complexity index is 306. The fourth-order valence-corrected chi connectivity index (χ4v) is 1.63. The van der Waals surface area contributed by atoms with Gasteiger partial charge in [0.05, 0.1) is 10.7 Å². The molecule has 0 amide bonds. The SMILES string of the molecule is Nc1c(Cl)cc(I)nc1C(F)F. The van der Waals surface area contributed by atoms with Crippen LogP contribution in [0.3, 0.4) is 0 Å². The lowest BCUT2D eigenvalue weighted by Gasteiger charge is -2.05. The first-order valence-corrected chi connectivity index (χ1v) is 4.37. The third-order valence-electron chi connectivity index (χ3n) is 1.21. The zero-order chi connectivity index (χ0) is 9.30. The van der Waals surface area contributed by atoms with Gasteiger partial charge in [0.25, 0.3) is 6.43 Å². The molecule has 66 valence electrons. The van der Waals surface area contributed by atoms with E-state index in [1.165, 1.54) is 6.07 Å². The Morgan fingerprint density at radius 1 is 1.58 bits per heavy atom. The van der Waals surface area contributed by atoms with Crippen LogP contribution in [0.1, 0.15) is 12.1 Å². The van der Waals surface area contributed by atoms with Gasteiger partial charge in [-0.3, -0.25) is 0 Å². The van der Waals surface area contributed by atoms with Gasteiger partial charge in [-0.05, 0) is 28.7 Å². The Hall–Kier alpha value is -0.170. The molecule has 0 aliphatic heterocycles. The number of hydrogen-bond acceptors (Lipinski definition) is 2. The maximum Gasteiger partial charge on any atom is 0.282 e. The molecule has 1 heterocycles. The van der Waals surface area contributed by atoms with Crippen molar-refractivity contribution in [1.29, 1.82) is 0 Å². The van der Waals surface area contributed by atoms with Crippen LogP contribution >= 0.6 is 34.2 Å². The predicted molar refractivity (Wildman–Crippen MR) is 51.3 cm³/mol. The summed E-state index contributed by atoms with van der Waals surface area (Å²) >= 11 is 7.36. The van der Waals surface area contributed by atoms with Crippen LogP contribution in [0.5, 0.6) is 0 Å². The van der Waals surface area contributed by atoms with Crippen LogP contribution in [-0.4, -0.2) is 4.98 Å². The number of anilines is 1. The monoisotopic (exact) mass is 304 g/mol. The molecule has 0 aliphatic rings. The van der Waals surface area contributed by atoms with Gasteiger partial charge in [-0.2, -0.15) is 0 Å². The number of alkyl halides is 2. The standard InChI is InChI=1S/C6H4ClF2IN2/c7-2-1-3(10)12-5(4(2)11)6(8)9/h1,6H,11H2. The minimum absolute atomic E-state index is 0.115. The molecule has 0 spiro atoms. The van der Waals surface area contributed by atoms with Gasteiger partial charge in [0.1, 0.15) is 9.39 Å². The topological polar surface area (TPSA) is 38.9 Å². The Labute approximate surface area is 86.3 Å². The van der Waals surface area contributed by atoms with Crippen LogP contribution in [-0.2, 0) is 0 Å². The molecular weight excluding hydrogens is 300 g/mol. The number of hydrogen-bond donors (Lipinski definition) is 1. The summed E-state index contributed by atoms with van der Waals surface area (Å²) in [4.78, 5) is 3.56. The van der Waals surface area contributed by atoms with E-state index in [2.05, 4.69) is 4.98 Å². The minimum atomic E-state index is -2.68.